The van der Waals surface area contributed by atoms with E-state index in [1.54, 1.807) is 0 Å². The Balaban J connectivity index is 2.53. The minimum absolute atomic E-state index is 0.156. The third kappa shape index (κ3) is 6.83. The van der Waals surface area contributed by atoms with Gasteiger partial charge in [-0.3, -0.25) is 9.80 Å². The largest absolute Gasteiger partial charge is 0.465 e. The van der Waals surface area contributed by atoms with Crippen LogP contribution in [0, 0.1) is 0 Å². The number of piperidine rings is 1. The van der Waals surface area contributed by atoms with Crippen molar-refractivity contribution >= 4 is 6.09 Å². The lowest BCUT2D eigenvalue weighted by atomic mass is 9.96. The number of halogens is 3. The lowest BCUT2D eigenvalue weighted by molar-refractivity contribution is -0.149. The monoisotopic (exact) mass is 325 g/mol. The van der Waals surface area contributed by atoms with Crippen LogP contribution in [-0.4, -0.2) is 71.5 Å². The molecule has 0 radical (unpaired) electrons. The normalized spacial score (nSPS) is 18.7. The zero-order chi connectivity index (χ0) is 17.0. The first-order valence-electron chi connectivity index (χ1n) is 7.51. The van der Waals surface area contributed by atoms with Gasteiger partial charge in [0.2, 0.25) is 0 Å². The van der Waals surface area contributed by atoms with Gasteiger partial charge < -0.3 is 10.4 Å². The molecule has 1 heterocycles. The van der Waals surface area contributed by atoms with Crippen molar-refractivity contribution in [2.75, 3.05) is 32.7 Å². The average molecular weight is 325 g/mol. The molecule has 0 aromatic rings. The summed E-state index contributed by atoms with van der Waals surface area (Å²) in [6.45, 7) is 6.97. The van der Waals surface area contributed by atoms with Gasteiger partial charge in [0.1, 0.15) is 0 Å². The Morgan fingerprint density at radius 3 is 2.23 bits per heavy atom. The van der Waals surface area contributed by atoms with Crippen LogP contribution in [0.25, 0.3) is 0 Å². The van der Waals surface area contributed by atoms with Crippen LogP contribution in [-0.2, 0) is 0 Å². The standard InChI is InChI=1S/C14H26F3N3O2/c1-13(2,3)20(9-6-18-12(21)22)11-4-7-19(8-5-11)10-14(15,16)17/h11,18H,4-10H2,1-3H3,(H,21,22). The number of hydrogen-bond acceptors (Lipinski definition) is 3. The van der Waals surface area contributed by atoms with Crippen molar-refractivity contribution in [1.82, 2.24) is 15.1 Å². The van der Waals surface area contributed by atoms with Crippen molar-refractivity contribution < 1.29 is 23.1 Å². The van der Waals surface area contributed by atoms with Gasteiger partial charge in [-0.15, -0.1) is 0 Å². The van der Waals surface area contributed by atoms with E-state index in [0.29, 0.717) is 39.0 Å². The number of alkyl halides is 3. The maximum Gasteiger partial charge on any atom is 0.404 e. The number of carboxylic acid groups (broad SMARTS) is 1. The second-order valence-corrected chi connectivity index (χ2v) is 6.72. The zero-order valence-electron chi connectivity index (χ0n) is 13.4. The van der Waals surface area contributed by atoms with Crippen LogP contribution in [0.1, 0.15) is 33.6 Å². The summed E-state index contributed by atoms with van der Waals surface area (Å²) in [5, 5.41) is 11.0. The summed E-state index contributed by atoms with van der Waals surface area (Å²) >= 11 is 0. The van der Waals surface area contributed by atoms with E-state index >= 15 is 0 Å². The highest BCUT2D eigenvalue weighted by molar-refractivity contribution is 5.64. The number of carbonyl (C=O) groups is 1. The van der Waals surface area contributed by atoms with E-state index in [9.17, 15) is 18.0 Å². The number of nitrogens with one attached hydrogen (secondary N) is 1. The van der Waals surface area contributed by atoms with Crippen LogP contribution in [0.15, 0.2) is 0 Å². The minimum atomic E-state index is -4.15. The first-order valence-corrected chi connectivity index (χ1v) is 7.51. The molecule has 1 fully saturated rings. The quantitative estimate of drug-likeness (QED) is 0.815. The summed E-state index contributed by atoms with van der Waals surface area (Å²) in [5.74, 6) is 0. The molecule has 0 spiro atoms. The molecule has 22 heavy (non-hydrogen) atoms. The maximum atomic E-state index is 12.4. The molecule has 0 bridgehead atoms. The molecule has 1 aliphatic heterocycles. The highest BCUT2D eigenvalue weighted by atomic mass is 19.4. The predicted molar refractivity (Wildman–Crippen MR) is 78.0 cm³/mol. The molecule has 0 aromatic heterocycles. The number of hydrogen-bond donors (Lipinski definition) is 2. The van der Waals surface area contributed by atoms with Crippen LogP contribution >= 0.6 is 0 Å². The molecule has 0 atom stereocenters. The fourth-order valence-electron chi connectivity index (χ4n) is 2.99. The van der Waals surface area contributed by atoms with Gasteiger partial charge in [-0.05, 0) is 46.7 Å². The van der Waals surface area contributed by atoms with E-state index < -0.39 is 18.8 Å². The minimum Gasteiger partial charge on any atom is -0.465 e. The van der Waals surface area contributed by atoms with Gasteiger partial charge in [0.05, 0.1) is 6.54 Å². The number of nitrogens with zero attached hydrogens (tertiary/aromatic N) is 2. The Labute approximate surface area is 129 Å². The number of amides is 1. The van der Waals surface area contributed by atoms with Gasteiger partial charge >= 0.3 is 12.3 Å². The third-order valence-electron chi connectivity index (χ3n) is 3.89. The van der Waals surface area contributed by atoms with Crippen LogP contribution in [0.4, 0.5) is 18.0 Å². The SMILES string of the molecule is CC(C)(C)N(CCNC(=O)O)C1CCN(CC(F)(F)F)CC1. The zero-order valence-corrected chi connectivity index (χ0v) is 13.4. The Kier molecular flexibility index (Phi) is 6.49. The van der Waals surface area contributed by atoms with Gasteiger partial charge in [0.25, 0.3) is 0 Å². The second kappa shape index (κ2) is 7.50. The third-order valence-corrected chi connectivity index (χ3v) is 3.89. The molecule has 1 aliphatic rings. The summed E-state index contributed by atoms with van der Waals surface area (Å²) in [4.78, 5) is 14.2. The summed E-state index contributed by atoms with van der Waals surface area (Å²) in [7, 11) is 0. The van der Waals surface area contributed by atoms with E-state index in [-0.39, 0.29) is 11.6 Å². The summed E-state index contributed by atoms with van der Waals surface area (Å²) in [5.41, 5.74) is -0.156. The van der Waals surface area contributed by atoms with E-state index in [0.717, 1.165) is 0 Å². The Hall–Kier alpha value is -1.02. The molecule has 0 saturated carbocycles. The summed E-state index contributed by atoms with van der Waals surface area (Å²) in [6.07, 6.45) is -3.88. The van der Waals surface area contributed by atoms with Crippen LogP contribution in [0.3, 0.4) is 0 Å². The van der Waals surface area contributed by atoms with Gasteiger partial charge in [-0.25, -0.2) is 4.79 Å². The fourth-order valence-corrected chi connectivity index (χ4v) is 2.99. The van der Waals surface area contributed by atoms with Gasteiger partial charge in [0.15, 0.2) is 0 Å². The van der Waals surface area contributed by atoms with Crippen molar-refractivity contribution in [2.45, 2.75) is 51.4 Å². The van der Waals surface area contributed by atoms with Crippen molar-refractivity contribution in [3.8, 4) is 0 Å². The molecule has 0 unspecified atom stereocenters. The van der Waals surface area contributed by atoms with Gasteiger partial charge in [-0.2, -0.15) is 13.2 Å². The lowest BCUT2D eigenvalue weighted by Gasteiger charge is -2.45. The molecule has 1 amide bonds. The highest BCUT2D eigenvalue weighted by Crippen LogP contribution is 2.26. The van der Waals surface area contributed by atoms with E-state index in [2.05, 4.69) is 10.2 Å². The van der Waals surface area contributed by atoms with Crippen molar-refractivity contribution in [1.29, 1.82) is 0 Å². The summed E-state index contributed by atoms with van der Waals surface area (Å²) < 4.78 is 37.2. The molecule has 2 N–H and O–H groups in total. The van der Waals surface area contributed by atoms with E-state index in [4.69, 9.17) is 5.11 Å². The van der Waals surface area contributed by atoms with E-state index in [1.165, 1.54) is 4.90 Å². The Morgan fingerprint density at radius 1 is 1.27 bits per heavy atom. The fraction of sp³-hybridized carbons (Fsp3) is 0.929. The molecule has 1 rings (SSSR count). The van der Waals surface area contributed by atoms with Gasteiger partial charge in [-0.1, -0.05) is 0 Å². The van der Waals surface area contributed by atoms with Crippen LogP contribution in [0.2, 0.25) is 0 Å². The number of likely N-dealkylation sites (tertiary alicyclic amines) is 1. The number of rotatable bonds is 5. The second-order valence-electron chi connectivity index (χ2n) is 6.72. The van der Waals surface area contributed by atoms with E-state index in [1.807, 2.05) is 20.8 Å². The van der Waals surface area contributed by atoms with Crippen molar-refractivity contribution in [3.63, 3.8) is 0 Å². The van der Waals surface area contributed by atoms with Crippen LogP contribution < -0.4 is 5.32 Å². The van der Waals surface area contributed by atoms with Gasteiger partial charge in [0, 0.05) is 24.7 Å². The first kappa shape index (κ1) is 19.0. The predicted octanol–water partition coefficient (Wildman–Crippen LogP) is 2.38. The molecular weight excluding hydrogens is 299 g/mol. The first-order chi connectivity index (χ1) is 9.99. The topological polar surface area (TPSA) is 55.8 Å². The maximum absolute atomic E-state index is 12.4. The smallest absolute Gasteiger partial charge is 0.404 e. The Morgan fingerprint density at radius 2 is 1.82 bits per heavy atom. The molecule has 8 heteroatoms. The van der Waals surface area contributed by atoms with Crippen molar-refractivity contribution in [3.05, 3.63) is 0 Å². The lowest BCUT2D eigenvalue weighted by Crippen LogP contribution is -2.55. The molecule has 5 nitrogen and oxygen atoms in total. The average Bonchev–Trinajstić information content (AvgIpc) is 2.32. The highest BCUT2D eigenvalue weighted by Gasteiger charge is 2.35. The molecule has 0 aromatic carbocycles. The molecule has 130 valence electrons. The molecular formula is C14H26F3N3O2. The Bertz CT molecular complexity index is 361. The van der Waals surface area contributed by atoms with Crippen molar-refractivity contribution in [2.24, 2.45) is 0 Å². The van der Waals surface area contributed by atoms with Crippen LogP contribution in [0.5, 0.6) is 0 Å². The molecule has 1 saturated heterocycles. The summed E-state index contributed by atoms with van der Waals surface area (Å²) in [6, 6.07) is 0.181. The molecule has 0 aliphatic carbocycles.